The van der Waals surface area contributed by atoms with Crippen LogP contribution in [0.15, 0.2) is 53.4 Å². The first-order chi connectivity index (χ1) is 8.93. The highest BCUT2D eigenvalue weighted by Gasteiger charge is 2.02. The minimum Gasteiger partial charge on any atom is -0.469 e. The van der Waals surface area contributed by atoms with Crippen LogP contribution >= 0.6 is 0 Å². The monoisotopic (exact) mass is 239 g/mol. The predicted octanol–water partition coefficient (Wildman–Crippen LogP) is 2.88. The summed E-state index contributed by atoms with van der Waals surface area (Å²) in [6, 6.07) is 11.8. The van der Waals surface area contributed by atoms with Crippen molar-refractivity contribution < 1.29 is 4.42 Å². The lowest BCUT2D eigenvalue weighted by Crippen LogP contribution is -2.06. The second-order valence-corrected chi connectivity index (χ2v) is 4.00. The number of nitrogens with zero attached hydrogens (tertiary/aromatic N) is 2. The number of furan rings is 1. The van der Waals surface area contributed by atoms with Gasteiger partial charge in [0.1, 0.15) is 17.9 Å². The Morgan fingerprint density at radius 3 is 2.89 bits per heavy atom. The van der Waals surface area contributed by atoms with E-state index >= 15 is 0 Å². The van der Waals surface area contributed by atoms with Gasteiger partial charge in [-0.1, -0.05) is 12.1 Å². The van der Waals surface area contributed by atoms with Crippen LogP contribution in [0, 0.1) is 0 Å². The molecule has 3 aromatic rings. The molecule has 4 heteroatoms. The smallest absolute Gasteiger partial charge is 0.137 e. The molecule has 3 rings (SSSR count). The molecule has 1 N–H and O–H groups in total. The standard InChI is InChI=1S/C14H13N3O/c1-2-6-13-12(5-1)14(17-10-16-13)15-8-7-11-4-3-9-18-11/h1-6,9-10H,7-8H2,(H,15,16,17). The van der Waals surface area contributed by atoms with Gasteiger partial charge in [-0.3, -0.25) is 0 Å². The van der Waals surface area contributed by atoms with Gasteiger partial charge in [0.25, 0.3) is 0 Å². The van der Waals surface area contributed by atoms with E-state index in [4.69, 9.17) is 4.42 Å². The van der Waals surface area contributed by atoms with Gasteiger partial charge >= 0.3 is 0 Å². The Morgan fingerprint density at radius 2 is 2.00 bits per heavy atom. The van der Waals surface area contributed by atoms with Crippen molar-refractivity contribution in [3.05, 3.63) is 54.7 Å². The number of fused-ring (bicyclic) bond motifs is 1. The number of anilines is 1. The summed E-state index contributed by atoms with van der Waals surface area (Å²) in [4.78, 5) is 8.50. The summed E-state index contributed by atoms with van der Waals surface area (Å²) >= 11 is 0. The first kappa shape index (κ1) is 10.8. The summed E-state index contributed by atoms with van der Waals surface area (Å²) in [6.45, 7) is 0.786. The van der Waals surface area contributed by atoms with Gasteiger partial charge < -0.3 is 9.73 Å². The fourth-order valence-corrected chi connectivity index (χ4v) is 1.90. The van der Waals surface area contributed by atoms with Gasteiger partial charge in [-0.05, 0) is 24.3 Å². The van der Waals surface area contributed by atoms with Gasteiger partial charge in [-0.25, -0.2) is 9.97 Å². The zero-order valence-electron chi connectivity index (χ0n) is 9.84. The van der Waals surface area contributed by atoms with Gasteiger partial charge in [-0.15, -0.1) is 0 Å². The van der Waals surface area contributed by atoms with Gasteiger partial charge in [-0.2, -0.15) is 0 Å². The van der Waals surface area contributed by atoms with Crippen LogP contribution < -0.4 is 5.32 Å². The molecular formula is C14H13N3O. The molecule has 0 fully saturated rings. The summed E-state index contributed by atoms with van der Waals surface area (Å²) in [5.41, 5.74) is 0.952. The number of aromatic nitrogens is 2. The molecule has 0 aliphatic rings. The Bertz CT molecular complexity index is 629. The molecule has 18 heavy (non-hydrogen) atoms. The molecule has 0 saturated carbocycles. The van der Waals surface area contributed by atoms with E-state index < -0.39 is 0 Å². The lowest BCUT2D eigenvalue weighted by Gasteiger charge is -2.06. The highest BCUT2D eigenvalue weighted by molar-refractivity contribution is 5.88. The van der Waals surface area contributed by atoms with Gasteiger partial charge in [0.05, 0.1) is 11.8 Å². The third-order valence-corrected chi connectivity index (χ3v) is 2.79. The third kappa shape index (κ3) is 2.18. The number of hydrogen-bond donors (Lipinski definition) is 1. The van der Waals surface area contributed by atoms with Gasteiger partial charge in [0.15, 0.2) is 0 Å². The van der Waals surface area contributed by atoms with Crippen molar-refractivity contribution in [2.75, 3.05) is 11.9 Å². The summed E-state index contributed by atoms with van der Waals surface area (Å²) < 4.78 is 5.29. The van der Waals surface area contributed by atoms with Crippen molar-refractivity contribution in [2.24, 2.45) is 0 Å². The molecule has 2 heterocycles. The van der Waals surface area contributed by atoms with Crippen LogP contribution in [0.1, 0.15) is 5.76 Å². The predicted molar refractivity (Wildman–Crippen MR) is 70.4 cm³/mol. The van der Waals surface area contributed by atoms with Crippen molar-refractivity contribution in [3.63, 3.8) is 0 Å². The molecular weight excluding hydrogens is 226 g/mol. The Morgan fingerprint density at radius 1 is 1.06 bits per heavy atom. The molecule has 90 valence electrons. The van der Waals surface area contributed by atoms with Crippen molar-refractivity contribution in [2.45, 2.75) is 6.42 Å². The van der Waals surface area contributed by atoms with E-state index in [9.17, 15) is 0 Å². The maximum Gasteiger partial charge on any atom is 0.137 e. The fraction of sp³-hybridized carbons (Fsp3) is 0.143. The number of rotatable bonds is 4. The van der Waals surface area contributed by atoms with Crippen LogP contribution in [0.3, 0.4) is 0 Å². The normalized spacial score (nSPS) is 10.7. The third-order valence-electron chi connectivity index (χ3n) is 2.79. The van der Waals surface area contributed by atoms with Crippen LogP contribution in [-0.2, 0) is 6.42 Å². The first-order valence-corrected chi connectivity index (χ1v) is 5.89. The van der Waals surface area contributed by atoms with E-state index in [0.29, 0.717) is 0 Å². The van der Waals surface area contributed by atoms with E-state index in [1.165, 1.54) is 0 Å². The number of benzene rings is 1. The fourth-order valence-electron chi connectivity index (χ4n) is 1.90. The molecule has 0 amide bonds. The van der Waals surface area contributed by atoms with Crippen molar-refractivity contribution in [1.82, 2.24) is 9.97 Å². The summed E-state index contributed by atoms with van der Waals surface area (Å²) in [5.74, 6) is 1.84. The molecule has 1 aromatic carbocycles. The largest absolute Gasteiger partial charge is 0.469 e. The van der Waals surface area contributed by atoms with Crippen LogP contribution in [0.5, 0.6) is 0 Å². The lowest BCUT2D eigenvalue weighted by molar-refractivity contribution is 0.513. The molecule has 0 aliphatic carbocycles. The van der Waals surface area contributed by atoms with Crippen LogP contribution in [-0.4, -0.2) is 16.5 Å². The quantitative estimate of drug-likeness (QED) is 0.760. The molecule has 2 aromatic heterocycles. The molecule has 0 unspecified atom stereocenters. The molecule has 0 saturated heterocycles. The molecule has 0 bridgehead atoms. The Labute approximate surface area is 105 Å². The zero-order chi connectivity index (χ0) is 12.2. The Hall–Kier alpha value is -2.36. The highest BCUT2D eigenvalue weighted by Crippen LogP contribution is 2.18. The summed E-state index contributed by atoms with van der Waals surface area (Å²) in [6.07, 6.45) is 4.11. The maximum absolute atomic E-state index is 5.29. The van der Waals surface area contributed by atoms with Crippen LogP contribution in [0.2, 0.25) is 0 Å². The van der Waals surface area contributed by atoms with Gasteiger partial charge in [0, 0.05) is 18.4 Å². The second-order valence-electron chi connectivity index (χ2n) is 4.00. The summed E-state index contributed by atoms with van der Waals surface area (Å²) in [5, 5.41) is 4.36. The number of hydrogen-bond acceptors (Lipinski definition) is 4. The molecule has 0 atom stereocenters. The second kappa shape index (κ2) is 4.87. The van der Waals surface area contributed by atoms with E-state index in [2.05, 4.69) is 15.3 Å². The number of nitrogens with one attached hydrogen (secondary N) is 1. The summed E-state index contributed by atoms with van der Waals surface area (Å²) in [7, 11) is 0. The Balaban J connectivity index is 1.74. The van der Waals surface area contributed by atoms with Crippen LogP contribution in [0.4, 0.5) is 5.82 Å². The average Bonchev–Trinajstić information content (AvgIpc) is 2.92. The van der Waals surface area contributed by atoms with Crippen molar-refractivity contribution >= 4 is 16.7 Å². The molecule has 4 nitrogen and oxygen atoms in total. The Kier molecular flexibility index (Phi) is 2.92. The lowest BCUT2D eigenvalue weighted by atomic mass is 10.2. The SMILES string of the molecule is c1coc(CCNc2ncnc3ccccc23)c1. The van der Waals surface area contributed by atoms with Crippen LogP contribution in [0.25, 0.3) is 10.9 Å². The highest BCUT2D eigenvalue weighted by atomic mass is 16.3. The number of para-hydroxylation sites is 1. The molecule has 0 radical (unpaired) electrons. The van der Waals surface area contributed by atoms with E-state index in [1.807, 2.05) is 36.4 Å². The first-order valence-electron chi connectivity index (χ1n) is 5.89. The van der Waals surface area contributed by atoms with E-state index in [0.717, 1.165) is 35.4 Å². The van der Waals surface area contributed by atoms with E-state index in [-0.39, 0.29) is 0 Å². The molecule has 0 spiro atoms. The van der Waals surface area contributed by atoms with Gasteiger partial charge in [0.2, 0.25) is 0 Å². The maximum atomic E-state index is 5.29. The van der Waals surface area contributed by atoms with Crippen molar-refractivity contribution in [1.29, 1.82) is 0 Å². The van der Waals surface area contributed by atoms with E-state index in [1.54, 1.807) is 12.6 Å². The van der Waals surface area contributed by atoms with Crippen molar-refractivity contribution in [3.8, 4) is 0 Å². The minimum atomic E-state index is 0.786. The minimum absolute atomic E-state index is 0.786. The zero-order valence-corrected chi connectivity index (χ0v) is 9.84. The average molecular weight is 239 g/mol. The molecule has 0 aliphatic heterocycles. The topological polar surface area (TPSA) is 51.0 Å².